The van der Waals surface area contributed by atoms with Gasteiger partial charge in [0.2, 0.25) is 5.91 Å². The molecule has 2 heterocycles. The lowest BCUT2D eigenvalue weighted by molar-refractivity contribution is -0.136. The molecule has 3 amide bonds. The predicted octanol–water partition coefficient (Wildman–Crippen LogP) is 1.36. The molecule has 7 heteroatoms. The van der Waals surface area contributed by atoms with Crippen LogP contribution in [0.2, 0.25) is 0 Å². The standard InChI is InChI=1S/C18H23N3O4/c1-12-10-13(6-7-15(12)21-8-2-5-16(21)22)20-18(24)17(23)19-11-14-4-3-9-25-14/h6-7,10,14H,2-5,8-9,11H2,1H3,(H,19,23)(H,20,24)/t14-/m0/s1. The molecule has 0 spiro atoms. The zero-order chi connectivity index (χ0) is 17.8. The van der Waals surface area contributed by atoms with Gasteiger partial charge in [-0.2, -0.15) is 0 Å². The van der Waals surface area contributed by atoms with Crippen LogP contribution < -0.4 is 15.5 Å². The lowest BCUT2D eigenvalue weighted by Gasteiger charge is -2.19. The van der Waals surface area contributed by atoms with E-state index in [9.17, 15) is 14.4 Å². The first-order valence-electron chi connectivity index (χ1n) is 8.66. The summed E-state index contributed by atoms with van der Waals surface area (Å²) in [6.07, 6.45) is 3.32. The Bertz CT molecular complexity index is 683. The van der Waals surface area contributed by atoms with Gasteiger partial charge in [-0.05, 0) is 49.9 Å². The Morgan fingerprint density at radius 3 is 2.76 bits per heavy atom. The second-order valence-electron chi connectivity index (χ2n) is 6.45. The van der Waals surface area contributed by atoms with Gasteiger partial charge in [-0.1, -0.05) is 0 Å². The van der Waals surface area contributed by atoms with E-state index < -0.39 is 11.8 Å². The predicted molar refractivity (Wildman–Crippen MR) is 93.4 cm³/mol. The molecule has 1 aromatic carbocycles. The molecule has 1 aromatic rings. The highest BCUT2D eigenvalue weighted by atomic mass is 16.5. The van der Waals surface area contributed by atoms with Gasteiger partial charge in [0.15, 0.2) is 0 Å². The van der Waals surface area contributed by atoms with Gasteiger partial charge in [-0.25, -0.2) is 0 Å². The van der Waals surface area contributed by atoms with Crippen LogP contribution in [0.5, 0.6) is 0 Å². The molecule has 0 radical (unpaired) electrons. The van der Waals surface area contributed by atoms with Crippen molar-refractivity contribution in [1.29, 1.82) is 0 Å². The van der Waals surface area contributed by atoms with E-state index in [1.54, 1.807) is 23.1 Å². The summed E-state index contributed by atoms with van der Waals surface area (Å²) in [5, 5.41) is 5.18. The molecule has 7 nitrogen and oxygen atoms in total. The number of benzene rings is 1. The van der Waals surface area contributed by atoms with Gasteiger partial charge < -0.3 is 20.3 Å². The zero-order valence-electron chi connectivity index (χ0n) is 14.3. The van der Waals surface area contributed by atoms with Crippen LogP contribution in [0.4, 0.5) is 11.4 Å². The molecule has 0 bridgehead atoms. The molecule has 0 aliphatic carbocycles. The molecule has 2 N–H and O–H groups in total. The number of carbonyl (C=O) groups excluding carboxylic acids is 3. The number of hydrogen-bond donors (Lipinski definition) is 2. The van der Waals surface area contributed by atoms with Crippen LogP contribution in [0.15, 0.2) is 18.2 Å². The fraction of sp³-hybridized carbons (Fsp3) is 0.500. The zero-order valence-corrected chi connectivity index (χ0v) is 14.3. The topological polar surface area (TPSA) is 87.7 Å². The van der Waals surface area contributed by atoms with E-state index in [2.05, 4.69) is 10.6 Å². The molecule has 25 heavy (non-hydrogen) atoms. The van der Waals surface area contributed by atoms with Crippen LogP contribution in [-0.4, -0.2) is 43.5 Å². The maximum absolute atomic E-state index is 12.0. The lowest BCUT2D eigenvalue weighted by Crippen LogP contribution is -2.39. The maximum atomic E-state index is 12.0. The molecule has 2 fully saturated rings. The van der Waals surface area contributed by atoms with E-state index in [1.807, 2.05) is 6.92 Å². The van der Waals surface area contributed by atoms with Gasteiger partial charge in [-0.3, -0.25) is 14.4 Å². The van der Waals surface area contributed by atoms with Crippen molar-refractivity contribution in [3.8, 4) is 0 Å². The highest BCUT2D eigenvalue weighted by Gasteiger charge is 2.23. The number of amides is 3. The third-order valence-corrected chi connectivity index (χ3v) is 4.54. The van der Waals surface area contributed by atoms with E-state index in [-0.39, 0.29) is 12.0 Å². The molecule has 2 aliphatic heterocycles. The van der Waals surface area contributed by atoms with Crippen molar-refractivity contribution in [1.82, 2.24) is 5.32 Å². The first kappa shape index (κ1) is 17.4. The number of anilines is 2. The number of nitrogens with one attached hydrogen (secondary N) is 2. The number of nitrogens with zero attached hydrogens (tertiary/aromatic N) is 1. The fourth-order valence-electron chi connectivity index (χ4n) is 3.22. The van der Waals surface area contributed by atoms with Gasteiger partial charge in [0.1, 0.15) is 0 Å². The first-order chi connectivity index (χ1) is 12.0. The van der Waals surface area contributed by atoms with Crippen LogP contribution in [0.1, 0.15) is 31.2 Å². The average Bonchev–Trinajstić information content (AvgIpc) is 3.24. The Morgan fingerprint density at radius 2 is 2.12 bits per heavy atom. The Hall–Kier alpha value is -2.41. The summed E-state index contributed by atoms with van der Waals surface area (Å²) in [5.74, 6) is -1.26. The Morgan fingerprint density at radius 1 is 1.28 bits per heavy atom. The van der Waals surface area contributed by atoms with Crippen LogP contribution >= 0.6 is 0 Å². The van der Waals surface area contributed by atoms with Crippen molar-refractivity contribution >= 4 is 29.1 Å². The monoisotopic (exact) mass is 345 g/mol. The van der Waals surface area contributed by atoms with Crippen molar-refractivity contribution in [3.63, 3.8) is 0 Å². The highest BCUT2D eigenvalue weighted by Crippen LogP contribution is 2.27. The minimum atomic E-state index is -0.706. The number of rotatable bonds is 4. The smallest absolute Gasteiger partial charge is 0.313 e. The number of hydrogen-bond acceptors (Lipinski definition) is 4. The Kier molecular flexibility index (Phi) is 5.33. The molecule has 134 valence electrons. The molecule has 3 rings (SSSR count). The normalized spacial score (nSPS) is 20.0. The van der Waals surface area contributed by atoms with Crippen LogP contribution in [0.25, 0.3) is 0 Å². The SMILES string of the molecule is Cc1cc(NC(=O)C(=O)NC[C@@H]2CCCO2)ccc1N1CCCC1=O. The molecule has 1 atom stereocenters. The van der Waals surface area contributed by atoms with E-state index in [0.717, 1.165) is 37.1 Å². The molecule has 0 unspecified atom stereocenters. The summed E-state index contributed by atoms with van der Waals surface area (Å²) in [5.41, 5.74) is 2.27. The molecular formula is C18H23N3O4. The summed E-state index contributed by atoms with van der Waals surface area (Å²) in [6.45, 7) is 3.66. The van der Waals surface area contributed by atoms with Crippen molar-refractivity contribution in [2.45, 2.75) is 38.7 Å². The first-order valence-corrected chi connectivity index (χ1v) is 8.66. The Labute approximate surface area is 146 Å². The van der Waals surface area contributed by atoms with Crippen LogP contribution in [0.3, 0.4) is 0 Å². The molecule has 2 saturated heterocycles. The van der Waals surface area contributed by atoms with E-state index in [1.165, 1.54) is 0 Å². The maximum Gasteiger partial charge on any atom is 0.313 e. The minimum absolute atomic E-state index is 0.00345. The van der Waals surface area contributed by atoms with Gasteiger partial charge in [0.25, 0.3) is 0 Å². The van der Waals surface area contributed by atoms with Crippen molar-refractivity contribution < 1.29 is 19.1 Å². The van der Waals surface area contributed by atoms with E-state index in [0.29, 0.717) is 25.3 Å². The number of carbonyl (C=O) groups is 3. The highest BCUT2D eigenvalue weighted by molar-refractivity contribution is 6.39. The quantitative estimate of drug-likeness (QED) is 0.807. The van der Waals surface area contributed by atoms with Gasteiger partial charge in [0, 0.05) is 37.5 Å². The second kappa shape index (κ2) is 7.65. The van der Waals surface area contributed by atoms with E-state index >= 15 is 0 Å². The summed E-state index contributed by atoms with van der Waals surface area (Å²) >= 11 is 0. The average molecular weight is 345 g/mol. The lowest BCUT2D eigenvalue weighted by atomic mass is 10.1. The molecule has 2 aliphatic rings. The van der Waals surface area contributed by atoms with Gasteiger partial charge >= 0.3 is 11.8 Å². The van der Waals surface area contributed by atoms with Crippen molar-refractivity contribution in [2.24, 2.45) is 0 Å². The van der Waals surface area contributed by atoms with Crippen LogP contribution in [0, 0.1) is 6.92 Å². The number of aryl methyl sites for hydroxylation is 1. The second-order valence-corrected chi connectivity index (χ2v) is 6.45. The van der Waals surface area contributed by atoms with Gasteiger partial charge in [-0.15, -0.1) is 0 Å². The molecule has 0 saturated carbocycles. The summed E-state index contributed by atoms with van der Waals surface area (Å²) in [4.78, 5) is 37.5. The summed E-state index contributed by atoms with van der Waals surface area (Å²) < 4.78 is 5.41. The number of ether oxygens (including phenoxy) is 1. The molecular weight excluding hydrogens is 322 g/mol. The summed E-state index contributed by atoms with van der Waals surface area (Å²) in [6, 6.07) is 5.28. The minimum Gasteiger partial charge on any atom is -0.376 e. The third-order valence-electron chi connectivity index (χ3n) is 4.54. The third kappa shape index (κ3) is 4.17. The van der Waals surface area contributed by atoms with Gasteiger partial charge in [0.05, 0.1) is 6.10 Å². The Balaban J connectivity index is 1.56. The molecule has 0 aromatic heterocycles. The summed E-state index contributed by atoms with van der Waals surface area (Å²) in [7, 11) is 0. The fourth-order valence-corrected chi connectivity index (χ4v) is 3.22. The largest absolute Gasteiger partial charge is 0.376 e. The van der Waals surface area contributed by atoms with Crippen LogP contribution in [-0.2, 0) is 19.1 Å². The van der Waals surface area contributed by atoms with E-state index in [4.69, 9.17) is 4.74 Å². The van der Waals surface area contributed by atoms with Crippen molar-refractivity contribution in [2.75, 3.05) is 29.9 Å². The van der Waals surface area contributed by atoms with Crippen molar-refractivity contribution in [3.05, 3.63) is 23.8 Å².